The van der Waals surface area contributed by atoms with Gasteiger partial charge >= 0.3 is 0 Å². The molecule has 66 valence electrons. The lowest BCUT2D eigenvalue weighted by Gasteiger charge is -2.32. The first kappa shape index (κ1) is 8.90. The molecule has 11 heavy (non-hydrogen) atoms. The van der Waals surface area contributed by atoms with Gasteiger partial charge in [0.25, 0.3) is 0 Å². The molecule has 2 atom stereocenters. The fraction of sp³-hybridized carbons (Fsp3) is 1.00. The first-order valence-corrected chi connectivity index (χ1v) is 3.87. The normalized spacial score (nSPS) is 34.1. The van der Waals surface area contributed by atoms with Gasteiger partial charge in [-0.3, -0.25) is 4.90 Å². The molecule has 0 aromatic carbocycles. The van der Waals surface area contributed by atoms with Crippen molar-refractivity contribution in [3.63, 3.8) is 0 Å². The lowest BCUT2D eigenvalue weighted by atomic mass is 10.1. The van der Waals surface area contributed by atoms with E-state index < -0.39 is 18.9 Å². The summed E-state index contributed by atoms with van der Waals surface area (Å²) in [5, 5.41) is 18.3. The molecule has 1 saturated heterocycles. The van der Waals surface area contributed by atoms with Crippen molar-refractivity contribution >= 4 is 0 Å². The second-order valence-corrected chi connectivity index (χ2v) is 2.99. The molecule has 2 N–H and O–H groups in total. The second kappa shape index (κ2) is 3.99. The van der Waals surface area contributed by atoms with Crippen LogP contribution in [0, 0.1) is 0 Å². The van der Waals surface area contributed by atoms with Crippen molar-refractivity contribution in [1.29, 1.82) is 0 Å². The fourth-order valence-corrected chi connectivity index (χ4v) is 1.44. The van der Waals surface area contributed by atoms with Gasteiger partial charge < -0.3 is 10.2 Å². The van der Waals surface area contributed by atoms with Gasteiger partial charge in [-0.05, 0) is 0 Å². The van der Waals surface area contributed by atoms with Gasteiger partial charge in [0.1, 0.15) is 6.67 Å². The molecular weight excluding hydrogens is 149 g/mol. The third-order valence-electron chi connectivity index (χ3n) is 1.88. The molecule has 1 heterocycles. The molecule has 0 saturated carbocycles. The average Bonchev–Trinajstić information content (AvgIpc) is 1.85. The minimum atomic E-state index is -0.495. The number of likely N-dealkylation sites (tertiary alicyclic amines) is 1. The van der Waals surface area contributed by atoms with Crippen molar-refractivity contribution in [3.05, 3.63) is 0 Å². The molecular formula is C7H14FNO2. The summed E-state index contributed by atoms with van der Waals surface area (Å²) in [6.45, 7) is 0.871. The Morgan fingerprint density at radius 1 is 1.27 bits per heavy atom. The Kier molecular flexibility index (Phi) is 3.23. The van der Waals surface area contributed by atoms with Crippen LogP contribution in [0.3, 0.4) is 0 Å². The average molecular weight is 163 g/mol. The van der Waals surface area contributed by atoms with Crippen LogP contribution < -0.4 is 0 Å². The van der Waals surface area contributed by atoms with Crippen LogP contribution in [0.15, 0.2) is 0 Å². The summed E-state index contributed by atoms with van der Waals surface area (Å²) in [7, 11) is 0. The Morgan fingerprint density at radius 2 is 1.82 bits per heavy atom. The summed E-state index contributed by atoms with van der Waals surface area (Å²) < 4.78 is 11.8. The number of nitrogens with zero attached hydrogens (tertiary/aromatic N) is 1. The summed E-state index contributed by atoms with van der Waals surface area (Å²) in [6.07, 6.45) is -0.571. The van der Waals surface area contributed by atoms with Crippen molar-refractivity contribution in [3.8, 4) is 0 Å². The van der Waals surface area contributed by atoms with E-state index in [9.17, 15) is 4.39 Å². The molecule has 0 unspecified atom stereocenters. The Labute approximate surface area is 65.4 Å². The van der Waals surface area contributed by atoms with E-state index in [-0.39, 0.29) is 0 Å². The fourth-order valence-electron chi connectivity index (χ4n) is 1.44. The summed E-state index contributed by atoms with van der Waals surface area (Å²) in [5.41, 5.74) is 0. The molecule has 4 heteroatoms. The van der Waals surface area contributed by atoms with Crippen molar-refractivity contribution in [2.24, 2.45) is 0 Å². The highest BCUT2D eigenvalue weighted by molar-refractivity contribution is 4.77. The summed E-state index contributed by atoms with van der Waals surface area (Å²) in [6, 6.07) is 0. The first-order valence-electron chi connectivity index (χ1n) is 3.87. The quantitative estimate of drug-likeness (QED) is 0.570. The van der Waals surface area contributed by atoms with Crippen LogP contribution in [0.5, 0.6) is 0 Å². The van der Waals surface area contributed by atoms with Crippen LogP contribution in [-0.2, 0) is 0 Å². The van der Waals surface area contributed by atoms with E-state index in [1.54, 1.807) is 4.90 Å². The number of aliphatic hydroxyl groups is 2. The van der Waals surface area contributed by atoms with E-state index in [2.05, 4.69) is 0 Å². The lowest BCUT2D eigenvalue weighted by molar-refractivity contribution is -0.00942. The topological polar surface area (TPSA) is 43.7 Å². The molecule has 0 aromatic rings. The van der Waals surface area contributed by atoms with Gasteiger partial charge in [0.15, 0.2) is 0 Å². The number of β-amino-alcohol motifs (C(OH)–C–C–N with tert-alkyl or cyclic N) is 2. The van der Waals surface area contributed by atoms with Gasteiger partial charge in [0, 0.05) is 26.1 Å². The number of halogens is 1. The summed E-state index contributed by atoms with van der Waals surface area (Å²) in [4.78, 5) is 1.73. The van der Waals surface area contributed by atoms with E-state index in [0.717, 1.165) is 0 Å². The monoisotopic (exact) mass is 163 g/mol. The molecule has 0 bridgehead atoms. The maximum absolute atomic E-state index is 11.8. The molecule has 3 nitrogen and oxygen atoms in total. The maximum Gasteiger partial charge on any atom is 0.102 e. The molecule has 1 fully saturated rings. The number of hydrogen-bond acceptors (Lipinski definition) is 3. The standard InChI is InChI=1S/C7H14FNO2/c8-1-2-9-4-6(10)3-7(11)5-9/h6-7,10-11H,1-5H2/t6-,7+. The minimum Gasteiger partial charge on any atom is -0.392 e. The Morgan fingerprint density at radius 3 is 2.27 bits per heavy atom. The number of aliphatic hydroxyl groups excluding tert-OH is 2. The Hall–Kier alpha value is -0.190. The van der Waals surface area contributed by atoms with Crippen molar-refractivity contribution < 1.29 is 14.6 Å². The highest BCUT2D eigenvalue weighted by Crippen LogP contribution is 2.09. The van der Waals surface area contributed by atoms with Crippen molar-refractivity contribution in [2.45, 2.75) is 18.6 Å². The molecule has 1 aliphatic rings. The molecule has 0 spiro atoms. The van der Waals surface area contributed by atoms with Crippen LogP contribution in [0.2, 0.25) is 0 Å². The van der Waals surface area contributed by atoms with Gasteiger partial charge in [0.05, 0.1) is 12.2 Å². The van der Waals surface area contributed by atoms with Gasteiger partial charge in [-0.25, -0.2) is 4.39 Å². The maximum atomic E-state index is 11.8. The molecule has 0 aliphatic carbocycles. The molecule has 0 amide bonds. The predicted octanol–water partition coefficient (Wildman–Crippen LogP) is -0.617. The van der Waals surface area contributed by atoms with Crippen LogP contribution in [-0.4, -0.2) is 53.6 Å². The van der Waals surface area contributed by atoms with Crippen molar-refractivity contribution in [1.82, 2.24) is 4.90 Å². The molecule has 0 radical (unpaired) electrons. The van der Waals surface area contributed by atoms with Gasteiger partial charge in [-0.2, -0.15) is 0 Å². The number of hydrogen-bond donors (Lipinski definition) is 2. The summed E-state index contributed by atoms with van der Waals surface area (Å²) >= 11 is 0. The van der Waals surface area contributed by atoms with E-state index in [0.29, 0.717) is 26.1 Å². The predicted molar refractivity (Wildman–Crippen MR) is 39.0 cm³/mol. The van der Waals surface area contributed by atoms with E-state index in [1.165, 1.54) is 0 Å². The Bertz CT molecular complexity index is 113. The summed E-state index contributed by atoms with van der Waals surface area (Å²) in [5.74, 6) is 0. The molecule has 1 aliphatic heterocycles. The smallest absolute Gasteiger partial charge is 0.102 e. The van der Waals surface area contributed by atoms with Gasteiger partial charge in [-0.1, -0.05) is 0 Å². The first-order chi connectivity index (χ1) is 5.22. The SMILES string of the molecule is O[C@@H]1C[C@H](O)CN(CCF)C1. The number of piperidine rings is 1. The second-order valence-electron chi connectivity index (χ2n) is 2.99. The number of alkyl halides is 1. The molecule has 1 rings (SSSR count). The largest absolute Gasteiger partial charge is 0.392 e. The van der Waals surface area contributed by atoms with Crippen LogP contribution in [0.4, 0.5) is 4.39 Å². The van der Waals surface area contributed by atoms with Gasteiger partial charge in [0.2, 0.25) is 0 Å². The third kappa shape index (κ3) is 2.73. The van der Waals surface area contributed by atoms with E-state index >= 15 is 0 Å². The highest BCUT2D eigenvalue weighted by Gasteiger charge is 2.23. The number of rotatable bonds is 2. The Balaban J connectivity index is 2.30. The van der Waals surface area contributed by atoms with Crippen molar-refractivity contribution in [2.75, 3.05) is 26.3 Å². The zero-order chi connectivity index (χ0) is 8.27. The third-order valence-corrected chi connectivity index (χ3v) is 1.88. The highest BCUT2D eigenvalue weighted by atomic mass is 19.1. The van der Waals surface area contributed by atoms with Gasteiger partial charge in [-0.15, -0.1) is 0 Å². The zero-order valence-electron chi connectivity index (χ0n) is 6.41. The van der Waals surface area contributed by atoms with Crippen LogP contribution in [0.25, 0.3) is 0 Å². The van der Waals surface area contributed by atoms with Crippen LogP contribution in [0.1, 0.15) is 6.42 Å². The molecule has 0 aromatic heterocycles. The van der Waals surface area contributed by atoms with E-state index in [4.69, 9.17) is 10.2 Å². The van der Waals surface area contributed by atoms with Crippen LogP contribution >= 0.6 is 0 Å². The minimum absolute atomic E-state index is 0.314. The zero-order valence-corrected chi connectivity index (χ0v) is 6.41. The van der Waals surface area contributed by atoms with E-state index in [1.807, 2.05) is 0 Å². The lowest BCUT2D eigenvalue weighted by Crippen LogP contribution is -2.46.